The molecule has 3 rings (SSSR count). The molecule has 0 fully saturated rings. The van der Waals surface area contributed by atoms with Crippen LogP contribution < -0.4 is 10.9 Å². The van der Waals surface area contributed by atoms with Crippen LogP contribution in [-0.4, -0.2) is 35.1 Å². The molecule has 1 heterocycles. The molecule has 1 aliphatic heterocycles. The van der Waals surface area contributed by atoms with Gasteiger partial charge in [-0.15, -0.1) is 0 Å². The lowest BCUT2D eigenvalue weighted by Gasteiger charge is -2.26. The third kappa shape index (κ3) is 4.00. The number of fused-ring (bicyclic) bond motifs is 1. The van der Waals surface area contributed by atoms with Crippen molar-refractivity contribution in [2.45, 2.75) is 12.8 Å². The van der Waals surface area contributed by atoms with E-state index in [1.165, 1.54) is 18.2 Å². The standard InChI is InChI=1S/C19H16FN3O4/c20-15-8-4-3-7-14(15)18(26)22-21-16(24)9-10-23-17(25)11-12-5-1-2-6-13(12)19(23)27/h1-8H,9-11H2,(H,21,24)(H,22,26). The molecule has 2 aromatic rings. The number of benzene rings is 2. The van der Waals surface area contributed by atoms with Crippen molar-refractivity contribution in [1.29, 1.82) is 0 Å². The summed E-state index contributed by atoms with van der Waals surface area (Å²) in [6, 6.07) is 12.1. The Hall–Kier alpha value is -3.55. The highest BCUT2D eigenvalue weighted by atomic mass is 19.1. The van der Waals surface area contributed by atoms with E-state index in [0.717, 1.165) is 11.0 Å². The molecule has 1 aliphatic rings. The average Bonchev–Trinajstić information content (AvgIpc) is 2.66. The lowest BCUT2D eigenvalue weighted by molar-refractivity contribution is -0.129. The molecule has 7 nitrogen and oxygen atoms in total. The smallest absolute Gasteiger partial charge is 0.272 e. The first-order valence-corrected chi connectivity index (χ1v) is 8.23. The molecule has 8 heteroatoms. The van der Waals surface area contributed by atoms with Crippen LogP contribution in [0.3, 0.4) is 0 Å². The first-order chi connectivity index (χ1) is 13.0. The Morgan fingerprint density at radius 3 is 2.48 bits per heavy atom. The Labute approximate surface area is 154 Å². The number of hydrogen-bond acceptors (Lipinski definition) is 4. The number of hydrazine groups is 1. The van der Waals surface area contributed by atoms with Gasteiger partial charge in [0, 0.05) is 18.5 Å². The quantitative estimate of drug-likeness (QED) is 0.625. The predicted octanol–water partition coefficient (Wildman–Crippen LogP) is 1.20. The zero-order valence-corrected chi connectivity index (χ0v) is 14.2. The monoisotopic (exact) mass is 369 g/mol. The molecular weight excluding hydrogens is 353 g/mol. The van der Waals surface area contributed by atoms with Gasteiger partial charge < -0.3 is 0 Å². The van der Waals surface area contributed by atoms with Crippen LogP contribution in [0, 0.1) is 5.82 Å². The Bertz CT molecular complexity index is 929. The van der Waals surface area contributed by atoms with E-state index in [0.29, 0.717) is 11.1 Å². The Balaban J connectivity index is 1.54. The molecule has 27 heavy (non-hydrogen) atoms. The largest absolute Gasteiger partial charge is 0.278 e. The van der Waals surface area contributed by atoms with Gasteiger partial charge in [0.15, 0.2) is 0 Å². The van der Waals surface area contributed by atoms with Gasteiger partial charge in [0.2, 0.25) is 11.8 Å². The Kier molecular flexibility index (Phi) is 5.25. The lowest BCUT2D eigenvalue weighted by atomic mass is 9.98. The fourth-order valence-electron chi connectivity index (χ4n) is 2.74. The molecule has 0 bridgehead atoms. The number of hydrogen-bond donors (Lipinski definition) is 2. The van der Waals surface area contributed by atoms with Gasteiger partial charge in [0.25, 0.3) is 11.8 Å². The van der Waals surface area contributed by atoms with E-state index in [1.807, 2.05) is 0 Å². The van der Waals surface area contributed by atoms with Crippen molar-refractivity contribution in [3.05, 3.63) is 71.0 Å². The van der Waals surface area contributed by atoms with E-state index in [4.69, 9.17) is 0 Å². The van der Waals surface area contributed by atoms with Gasteiger partial charge in [-0.3, -0.25) is 34.9 Å². The van der Waals surface area contributed by atoms with E-state index in [9.17, 15) is 23.6 Å². The highest BCUT2D eigenvalue weighted by molar-refractivity contribution is 6.09. The minimum Gasteiger partial charge on any atom is -0.278 e. The summed E-state index contributed by atoms with van der Waals surface area (Å²) in [7, 11) is 0. The van der Waals surface area contributed by atoms with Crippen molar-refractivity contribution >= 4 is 23.6 Å². The first kappa shape index (κ1) is 18.2. The molecule has 0 saturated heterocycles. The maximum atomic E-state index is 13.5. The molecule has 0 aliphatic carbocycles. The number of rotatable bonds is 4. The predicted molar refractivity (Wildman–Crippen MR) is 92.8 cm³/mol. The summed E-state index contributed by atoms with van der Waals surface area (Å²) in [5, 5.41) is 0. The number of amides is 4. The van der Waals surface area contributed by atoms with E-state index in [2.05, 4.69) is 10.9 Å². The van der Waals surface area contributed by atoms with Crippen LogP contribution in [-0.2, 0) is 16.0 Å². The SMILES string of the molecule is O=C(CCN1C(=O)Cc2ccccc2C1=O)NNC(=O)c1ccccc1F. The van der Waals surface area contributed by atoms with Gasteiger partial charge >= 0.3 is 0 Å². The van der Waals surface area contributed by atoms with Crippen molar-refractivity contribution in [3.63, 3.8) is 0 Å². The molecule has 4 amide bonds. The van der Waals surface area contributed by atoms with Crippen LogP contribution >= 0.6 is 0 Å². The normalized spacial score (nSPS) is 13.1. The lowest BCUT2D eigenvalue weighted by Crippen LogP contribution is -2.46. The summed E-state index contributed by atoms with van der Waals surface area (Å²) in [6.07, 6.45) is -0.106. The van der Waals surface area contributed by atoms with Crippen LogP contribution in [0.5, 0.6) is 0 Å². The topological polar surface area (TPSA) is 95.6 Å². The van der Waals surface area contributed by atoms with Crippen molar-refractivity contribution in [2.24, 2.45) is 0 Å². The van der Waals surface area contributed by atoms with E-state index in [-0.39, 0.29) is 30.9 Å². The first-order valence-electron chi connectivity index (χ1n) is 8.23. The molecule has 138 valence electrons. The van der Waals surface area contributed by atoms with Crippen LogP contribution in [0.4, 0.5) is 4.39 Å². The van der Waals surface area contributed by atoms with Gasteiger partial charge in [-0.05, 0) is 23.8 Å². The van der Waals surface area contributed by atoms with E-state index in [1.54, 1.807) is 24.3 Å². The second-order valence-corrected chi connectivity index (χ2v) is 5.92. The van der Waals surface area contributed by atoms with Gasteiger partial charge in [-0.2, -0.15) is 0 Å². The maximum Gasteiger partial charge on any atom is 0.272 e. The van der Waals surface area contributed by atoms with Gasteiger partial charge in [-0.1, -0.05) is 30.3 Å². The van der Waals surface area contributed by atoms with E-state index < -0.39 is 23.5 Å². The Morgan fingerprint density at radius 2 is 1.70 bits per heavy atom. The summed E-state index contributed by atoms with van der Waals surface area (Å²) in [6.45, 7) is -0.118. The number of halogens is 1. The van der Waals surface area contributed by atoms with Crippen LogP contribution in [0.2, 0.25) is 0 Å². The third-order valence-corrected chi connectivity index (χ3v) is 4.13. The summed E-state index contributed by atoms with van der Waals surface area (Å²) >= 11 is 0. The molecule has 2 aromatic carbocycles. The maximum absolute atomic E-state index is 13.5. The summed E-state index contributed by atoms with van der Waals surface area (Å²) in [5.74, 6) is -2.97. The van der Waals surface area contributed by atoms with Gasteiger partial charge in [-0.25, -0.2) is 4.39 Å². The molecular formula is C19H16FN3O4. The average molecular weight is 369 g/mol. The van der Waals surface area contributed by atoms with Crippen LogP contribution in [0.15, 0.2) is 48.5 Å². The molecule has 2 N–H and O–H groups in total. The second kappa shape index (κ2) is 7.77. The summed E-state index contributed by atoms with van der Waals surface area (Å²) in [5.41, 5.74) is 5.12. The molecule has 0 unspecified atom stereocenters. The summed E-state index contributed by atoms with van der Waals surface area (Å²) in [4.78, 5) is 49.3. The molecule has 0 radical (unpaired) electrons. The zero-order valence-electron chi connectivity index (χ0n) is 14.2. The minimum atomic E-state index is -0.805. The molecule has 0 spiro atoms. The molecule has 0 saturated carbocycles. The van der Waals surface area contributed by atoms with Gasteiger partial charge in [0.05, 0.1) is 12.0 Å². The number of imide groups is 1. The van der Waals surface area contributed by atoms with Crippen LogP contribution in [0.25, 0.3) is 0 Å². The fraction of sp³-hybridized carbons (Fsp3) is 0.158. The van der Waals surface area contributed by atoms with Gasteiger partial charge in [0.1, 0.15) is 5.82 Å². The number of nitrogens with zero attached hydrogens (tertiary/aromatic N) is 1. The minimum absolute atomic E-state index is 0.0908. The van der Waals surface area contributed by atoms with Crippen LogP contribution in [0.1, 0.15) is 32.7 Å². The van der Waals surface area contributed by atoms with Crippen molar-refractivity contribution in [3.8, 4) is 0 Å². The second-order valence-electron chi connectivity index (χ2n) is 5.92. The zero-order chi connectivity index (χ0) is 19.4. The molecule has 0 atom stereocenters. The molecule has 0 aromatic heterocycles. The highest BCUT2D eigenvalue weighted by Gasteiger charge is 2.30. The highest BCUT2D eigenvalue weighted by Crippen LogP contribution is 2.19. The summed E-state index contributed by atoms with van der Waals surface area (Å²) < 4.78 is 13.5. The fourth-order valence-corrected chi connectivity index (χ4v) is 2.74. The van der Waals surface area contributed by atoms with Crippen molar-refractivity contribution in [2.75, 3.05) is 6.54 Å². The number of carbonyl (C=O) groups is 4. The third-order valence-electron chi connectivity index (χ3n) is 4.13. The number of nitrogens with one attached hydrogen (secondary N) is 2. The number of carbonyl (C=O) groups excluding carboxylic acids is 4. The van der Waals surface area contributed by atoms with Crippen molar-refractivity contribution in [1.82, 2.24) is 15.8 Å². The van der Waals surface area contributed by atoms with Crippen molar-refractivity contribution < 1.29 is 23.6 Å². The Morgan fingerprint density at radius 1 is 1.00 bits per heavy atom. The van der Waals surface area contributed by atoms with E-state index >= 15 is 0 Å².